The molecule has 2 amide bonds. The number of anilines is 1. The summed E-state index contributed by atoms with van der Waals surface area (Å²) in [5.41, 5.74) is 6.54. The van der Waals surface area contributed by atoms with Gasteiger partial charge < -0.3 is 16.2 Å². The van der Waals surface area contributed by atoms with Crippen LogP contribution in [-0.4, -0.2) is 33.6 Å². The number of aromatic nitrogens is 1. The van der Waals surface area contributed by atoms with Gasteiger partial charge in [0, 0.05) is 5.69 Å². The number of nitrogens with one attached hydrogen (secondary N) is 1. The number of benzene rings is 1. The average Bonchev–Trinajstić information content (AvgIpc) is 3.02. The highest BCUT2D eigenvalue weighted by atomic mass is 32.2. The highest BCUT2D eigenvalue weighted by Gasteiger charge is 2.35. The van der Waals surface area contributed by atoms with E-state index < -0.39 is 23.7 Å². The van der Waals surface area contributed by atoms with Gasteiger partial charge in [-0.3, -0.25) is 14.4 Å². The molecule has 0 spiro atoms. The van der Waals surface area contributed by atoms with E-state index in [0.717, 1.165) is 27.4 Å². The Kier molecular flexibility index (Phi) is 5.77. The molecule has 0 saturated heterocycles. The molecule has 0 bridgehead atoms. The average molecular weight is 393 g/mol. The normalized spacial score (nSPS) is 20.0. The van der Waals surface area contributed by atoms with Gasteiger partial charge in [0.25, 0.3) is 0 Å². The van der Waals surface area contributed by atoms with Crippen LogP contribution in [0.25, 0.3) is 10.2 Å². The molecular formula is C17H19N3O4S2. The number of nitrogens with two attached hydrogens (primary N) is 1. The molecule has 1 aromatic heterocycles. The van der Waals surface area contributed by atoms with E-state index in [9.17, 15) is 19.5 Å². The first-order chi connectivity index (χ1) is 12.4. The molecule has 0 radical (unpaired) electrons. The number of primary amides is 1. The van der Waals surface area contributed by atoms with Gasteiger partial charge in [0.2, 0.25) is 11.8 Å². The maximum absolute atomic E-state index is 12.6. The summed E-state index contributed by atoms with van der Waals surface area (Å²) in [6, 6.07) is 5.37. The smallest absolute Gasteiger partial charge is 0.307 e. The molecule has 1 aromatic carbocycles. The molecular weight excluding hydrogens is 374 g/mol. The van der Waals surface area contributed by atoms with Gasteiger partial charge in [0.15, 0.2) is 4.34 Å². The number of amides is 2. The molecule has 4 N–H and O–H groups in total. The number of hydrogen-bond donors (Lipinski definition) is 3. The first-order valence-electron chi connectivity index (χ1n) is 8.29. The standard InChI is InChI=1S/C17H19N3O4S2/c18-14(21)8-25-17-20-12-6-5-9(7-13(12)26-17)19-15(22)10-3-1-2-4-11(10)16(23)24/h5-7,10-11H,1-4,8H2,(H2,18,21)(H,19,22)(H,23,24)/t10-,11+/m0/s1. The van der Waals surface area contributed by atoms with Crippen LogP contribution in [0.2, 0.25) is 0 Å². The number of nitrogens with zero attached hydrogens (tertiary/aromatic N) is 1. The minimum absolute atomic E-state index is 0.168. The number of thiazole rings is 1. The van der Waals surface area contributed by atoms with Gasteiger partial charge in [-0.15, -0.1) is 11.3 Å². The largest absolute Gasteiger partial charge is 0.481 e. The fourth-order valence-corrected chi connectivity index (χ4v) is 5.00. The zero-order valence-electron chi connectivity index (χ0n) is 13.9. The molecule has 9 heteroatoms. The number of hydrogen-bond acceptors (Lipinski definition) is 6. The summed E-state index contributed by atoms with van der Waals surface area (Å²) in [6.07, 6.45) is 2.86. The first-order valence-corrected chi connectivity index (χ1v) is 10.1. The molecule has 1 heterocycles. The number of fused-ring (bicyclic) bond motifs is 1. The lowest BCUT2D eigenvalue weighted by molar-refractivity contribution is -0.147. The Morgan fingerprint density at radius 2 is 2.00 bits per heavy atom. The predicted molar refractivity (Wildman–Crippen MR) is 101 cm³/mol. The molecule has 2 atom stereocenters. The zero-order valence-corrected chi connectivity index (χ0v) is 15.6. The Hall–Kier alpha value is -2.13. The van der Waals surface area contributed by atoms with Crippen molar-refractivity contribution in [1.29, 1.82) is 0 Å². The number of carboxylic acids is 1. The minimum atomic E-state index is -0.904. The van der Waals surface area contributed by atoms with Crippen LogP contribution >= 0.6 is 23.1 Å². The third-order valence-electron chi connectivity index (χ3n) is 4.39. The van der Waals surface area contributed by atoms with Crippen molar-refractivity contribution < 1.29 is 19.5 Å². The molecule has 1 aliphatic rings. The summed E-state index contributed by atoms with van der Waals surface area (Å²) in [7, 11) is 0. The summed E-state index contributed by atoms with van der Waals surface area (Å²) in [6.45, 7) is 0. The highest BCUT2D eigenvalue weighted by Crippen LogP contribution is 2.33. The number of thioether (sulfide) groups is 1. The quantitative estimate of drug-likeness (QED) is 0.649. The van der Waals surface area contributed by atoms with Gasteiger partial charge in [-0.2, -0.15) is 0 Å². The van der Waals surface area contributed by atoms with Crippen LogP contribution in [0.4, 0.5) is 5.69 Å². The summed E-state index contributed by atoms with van der Waals surface area (Å²) < 4.78 is 1.62. The van der Waals surface area contributed by atoms with Crippen molar-refractivity contribution in [1.82, 2.24) is 4.98 Å². The Balaban J connectivity index is 1.72. The summed E-state index contributed by atoms with van der Waals surface area (Å²) in [5, 5.41) is 12.2. The van der Waals surface area contributed by atoms with Crippen LogP contribution in [0.15, 0.2) is 22.5 Å². The lowest BCUT2D eigenvalue weighted by atomic mass is 9.78. The first kappa shape index (κ1) is 18.7. The van der Waals surface area contributed by atoms with E-state index in [1.807, 2.05) is 6.07 Å². The van der Waals surface area contributed by atoms with E-state index in [1.165, 1.54) is 23.1 Å². The van der Waals surface area contributed by atoms with E-state index in [1.54, 1.807) is 12.1 Å². The van der Waals surface area contributed by atoms with Gasteiger partial charge in [-0.05, 0) is 31.0 Å². The number of aliphatic carboxylic acids is 1. The topological polar surface area (TPSA) is 122 Å². The summed E-state index contributed by atoms with van der Waals surface area (Å²) in [5.74, 6) is -2.50. The van der Waals surface area contributed by atoms with Gasteiger partial charge in [-0.25, -0.2) is 4.98 Å². The fraction of sp³-hybridized carbons (Fsp3) is 0.412. The highest BCUT2D eigenvalue weighted by molar-refractivity contribution is 8.01. The van der Waals surface area contributed by atoms with Gasteiger partial charge in [0.1, 0.15) is 0 Å². The Morgan fingerprint density at radius 1 is 1.27 bits per heavy atom. The third kappa shape index (κ3) is 4.34. The lowest BCUT2D eigenvalue weighted by Gasteiger charge is -2.27. The maximum atomic E-state index is 12.6. The molecule has 3 rings (SSSR count). The molecule has 138 valence electrons. The van der Waals surface area contributed by atoms with Gasteiger partial charge in [-0.1, -0.05) is 24.6 Å². The van der Waals surface area contributed by atoms with Crippen LogP contribution in [0.5, 0.6) is 0 Å². The van der Waals surface area contributed by atoms with E-state index >= 15 is 0 Å². The van der Waals surface area contributed by atoms with E-state index in [2.05, 4.69) is 10.3 Å². The van der Waals surface area contributed by atoms with E-state index in [-0.39, 0.29) is 11.7 Å². The SMILES string of the molecule is NC(=O)CSc1nc2ccc(NC(=O)[C@H]3CCCC[C@H]3C(=O)O)cc2s1. The second kappa shape index (κ2) is 8.05. The van der Waals surface area contributed by atoms with Crippen LogP contribution < -0.4 is 11.1 Å². The Morgan fingerprint density at radius 3 is 2.69 bits per heavy atom. The number of carbonyl (C=O) groups excluding carboxylic acids is 2. The summed E-state index contributed by atoms with van der Waals surface area (Å²) in [4.78, 5) is 39.2. The molecule has 1 saturated carbocycles. The molecule has 7 nitrogen and oxygen atoms in total. The van der Waals surface area contributed by atoms with Crippen LogP contribution in [0, 0.1) is 11.8 Å². The minimum Gasteiger partial charge on any atom is -0.481 e. The van der Waals surface area contributed by atoms with Crippen molar-refractivity contribution >= 4 is 56.8 Å². The predicted octanol–water partition coefficient (Wildman–Crippen LogP) is 2.70. The molecule has 2 aromatic rings. The fourth-order valence-electron chi connectivity index (χ4n) is 3.15. The van der Waals surface area contributed by atoms with Crippen molar-refractivity contribution in [3.63, 3.8) is 0 Å². The van der Waals surface area contributed by atoms with Crippen molar-refractivity contribution in [3.05, 3.63) is 18.2 Å². The third-order valence-corrected chi connectivity index (χ3v) is 6.58. The van der Waals surface area contributed by atoms with Crippen molar-refractivity contribution in [2.75, 3.05) is 11.1 Å². The van der Waals surface area contributed by atoms with Gasteiger partial charge >= 0.3 is 5.97 Å². The van der Waals surface area contributed by atoms with E-state index in [4.69, 9.17) is 5.73 Å². The second-order valence-corrected chi connectivity index (χ2v) is 8.50. The van der Waals surface area contributed by atoms with E-state index in [0.29, 0.717) is 18.5 Å². The summed E-state index contributed by atoms with van der Waals surface area (Å²) >= 11 is 2.70. The van der Waals surface area contributed by atoms with Crippen LogP contribution in [0.1, 0.15) is 25.7 Å². The molecule has 0 aliphatic heterocycles. The maximum Gasteiger partial charge on any atom is 0.307 e. The van der Waals surface area contributed by atoms with Crippen molar-refractivity contribution in [2.45, 2.75) is 30.0 Å². The number of carbonyl (C=O) groups is 3. The Bertz CT molecular complexity index is 852. The zero-order chi connectivity index (χ0) is 18.7. The molecule has 1 aliphatic carbocycles. The second-order valence-electron chi connectivity index (χ2n) is 6.24. The van der Waals surface area contributed by atoms with Crippen molar-refractivity contribution in [3.8, 4) is 0 Å². The number of rotatable bonds is 6. The molecule has 0 unspecified atom stereocenters. The van der Waals surface area contributed by atoms with Crippen LogP contribution in [-0.2, 0) is 14.4 Å². The lowest BCUT2D eigenvalue weighted by Crippen LogP contribution is -2.36. The molecule has 26 heavy (non-hydrogen) atoms. The van der Waals surface area contributed by atoms with Gasteiger partial charge in [0.05, 0.1) is 27.8 Å². The Labute approximate surface area is 158 Å². The van der Waals surface area contributed by atoms with Crippen LogP contribution in [0.3, 0.4) is 0 Å². The van der Waals surface area contributed by atoms with Crippen molar-refractivity contribution in [2.24, 2.45) is 17.6 Å². The molecule has 1 fully saturated rings. The number of carboxylic acid groups (broad SMARTS) is 1. The monoisotopic (exact) mass is 393 g/mol.